The molecule has 3 heteroatoms. The number of rotatable bonds is 2. The highest BCUT2D eigenvalue weighted by Gasteiger charge is 2.02. The second-order valence-corrected chi connectivity index (χ2v) is 2.97. The van der Waals surface area contributed by atoms with Crippen LogP contribution in [0.1, 0.15) is 35.8 Å². The number of Topliss-reactive ketones (excluding diaryl/α,β-unsaturated/α-hetero) is 1. The predicted molar refractivity (Wildman–Crippen MR) is 56.3 cm³/mol. The molecule has 2 nitrogen and oxygen atoms in total. The molecule has 1 atom stereocenters. The van der Waals surface area contributed by atoms with Gasteiger partial charge in [0, 0.05) is 11.6 Å². The van der Waals surface area contributed by atoms with E-state index in [0.29, 0.717) is 0 Å². The van der Waals surface area contributed by atoms with Gasteiger partial charge >= 0.3 is 0 Å². The van der Waals surface area contributed by atoms with Crippen LogP contribution >= 0.6 is 12.4 Å². The number of benzene rings is 1. The lowest BCUT2D eigenvalue weighted by molar-refractivity contribution is 0.101. The van der Waals surface area contributed by atoms with Crippen LogP contribution in [-0.4, -0.2) is 5.78 Å². The number of halogens is 1. The molecule has 0 saturated heterocycles. The van der Waals surface area contributed by atoms with Crippen LogP contribution in [0.2, 0.25) is 0 Å². The van der Waals surface area contributed by atoms with Crippen molar-refractivity contribution >= 4 is 18.2 Å². The summed E-state index contributed by atoms with van der Waals surface area (Å²) < 4.78 is 0. The van der Waals surface area contributed by atoms with Crippen LogP contribution < -0.4 is 5.73 Å². The van der Waals surface area contributed by atoms with E-state index < -0.39 is 0 Å². The van der Waals surface area contributed by atoms with Crippen LogP contribution in [-0.2, 0) is 0 Å². The number of carbonyl (C=O) groups excluding carboxylic acids is 1. The third-order valence-corrected chi connectivity index (χ3v) is 1.82. The number of hydrogen-bond acceptors (Lipinski definition) is 2. The summed E-state index contributed by atoms with van der Waals surface area (Å²) >= 11 is 0. The summed E-state index contributed by atoms with van der Waals surface area (Å²) in [6.45, 7) is 3.46. The molecule has 0 radical (unpaired) electrons. The minimum absolute atomic E-state index is 0. The molecule has 0 amide bonds. The largest absolute Gasteiger partial charge is 0.324 e. The van der Waals surface area contributed by atoms with Gasteiger partial charge in [0.1, 0.15) is 0 Å². The summed E-state index contributed by atoms with van der Waals surface area (Å²) in [5.41, 5.74) is 7.40. The number of nitrogens with two attached hydrogens (primary N) is 1. The van der Waals surface area contributed by atoms with Crippen molar-refractivity contribution in [2.75, 3.05) is 0 Å². The lowest BCUT2D eigenvalue weighted by Gasteiger charge is -2.05. The molecule has 1 unspecified atom stereocenters. The van der Waals surface area contributed by atoms with E-state index in [2.05, 4.69) is 0 Å². The highest BCUT2D eigenvalue weighted by molar-refractivity contribution is 5.94. The summed E-state index contributed by atoms with van der Waals surface area (Å²) in [5.74, 6) is 0.0810. The standard InChI is InChI=1S/C10H13NO.ClH/c1-7(11)9-4-3-5-10(6-9)8(2)12;/h3-7H,11H2,1-2H3;1H. The summed E-state index contributed by atoms with van der Waals surface area (Å²) in [6, 6.07) is 7.41. The summed E-state index contributed by atoms with van der Waals surface area (Å²) in [6.07, 6.45) is 0. The predicted octanol–water partition coefficient (Wildman–Crippen LogP) is 2.33. The Labute approximate surface area is 84.5 Å². The van der Waals surface area contributed by atoms with Gasteiger partial charge in [-0.05, 0) is 25.5 Å². The number of ketones is 1. The highest BCUT2D eigenvalue weighted by Crippen LogP contribution is 2.11. The van der Waals surface area contributed by atoms with Crippen LogP contribution in [0.3, 0.4) is 0 Å². The summed E-state index contributed by atoms with van der Waals surface area (Å²) in [5, 5.41) is 0. The van der Waals surface area contributed by atoms with Crippen LogP contribution in [0.25, 0.3) is 0 Å². The minimum atomic E-state index is -0.00991. The van der Waals surface area contributed by atoms with Gasteiger partial charge in [0.2, 0.25) is 0 Å². The molecule has 0 aliphatic rings. The van der Waals surface area contributed by atoms with E-state index >= 15 is 0 Å². The van der Waals surface area contributed by atoms with Gasteiger partial charge in [0.25, 0.3) is 0 Å². The van der Waals surface area contributed by atoms with Gasteiger partial charge in [-0.25, -0.2) is 0 Å². The molecule has 1 aromatic carbocycles. The molecule has 0 bridgehead atoms. The fourth-order valence-electron chi connectivity index (χ4n) is 1.04. The van der Waals surface area contributed by atoms with Gasteiger partial charge in [-0.15, -0.1) is 12.4 Å². The molecule has 2 N–H and O–H groups in total. The first kappa shape index (κ1) is 12.1. The Hall–Kier alpha value is -0.860. The molecule has 72 valence electrons. The maximum Gasteiger partial charge on any atom is 0.159 e. The average Bonchev–Trinajstić information content (AvgIpc) is 2.04. The molecule has 0 aliphatic carbocycles. The maximum atomic E-state index is 11.0. The molecule has 13 heavy (non-hydrogen) atoms. The second-order valence-electron chi connectivity index (χ2n) is 2.97. The van der Waals surface area contributed by atoms with E-state index in [1.807, 2.05) is 25.1 Å². The van der Waals surface area contributed by atoms with Crippen molar-refractivity contribution in [1.29, 1.82) is 0 Å². The van der Waals surface area contributed by atoms with Crippen molar-refractivity contribution in [2.24, 2.45) is 5.73 Å². The smallest absolute Gasteiger partial charge is 0.159 e. The van der Waals surface area contributed by atoms with Gasteiger partial charge in [-0.3, -0.25) is 4.79 Å². The minimum Gasteiger partial charge on any atom is -0.324 e. The van der Waals surface area contributed by atoms with E-state index in [-0.39, 0.29) is 24.2 Å². The lowest BCUT2D eigenvalue weighted by Crippen LogP contribution is -2.05. The Bertz CT molecular complexity index is 297. The second kappa shape index (κ2) is 5.00. The van der Waals surface area contributed by atoms with E-state index in [9.17, 15) is 4.79 Å². The molecule has 1 aromatic rings. The van der Waals surface area contributed by atoms with Crippen LogP contribution in [0.5, 0.6) is 0 Å². The number of carbonyl (C=O) groups is 1. The zero-order valence-corrected chi connectivity index (χ0v) is 8.60. The molecule has 0 spiro atoms. The van der Waals surface area contributed by atoms with Gasteiger partial charge in [0.05, 0.1) is 0 Å². The number of hydrogen-bond donors (Lipinski definition) is 1. The van der Waals surface area contributed by atoms with Crippen LogP contribution in [0.15, 0.2) is 24.3 Å². The van der Waals surface area contributed by atoms with Crippen molar-refractivity contribution in [3.63, 3.8) is 0 Å². The Morgan fingerprint density at radius 1 is 1.46 bits per heavy atom. The zero-order valence-electron chi connectivity index (χ0n) is 7.78. The average molecular weight is 200 g/mol. The van der Waals surface area contributed by atoms with Crippen molar-refractivity contribution in [2.45, 2.75) is 19.9 Å². The van der Waals surface area contributed by atoms with E-state index in [0.717, 1.165) is 11.1 Å². The molecular formula is C10H14ClNO. The van der Waals surface area contributed by atoms with Gasteiger partial charge in [0.15, 0.2) is 5.78 Å². The third-order valence-electron chi connectivity index (χ3n) is 1.82. The molecule has 1 rings (SSSR count). The third kappa shape index (κ3) is 3.17. The quantitative estimate of drug-likeness (QED) is 0.743. The van der Waals surface area contributed by atoms with E-state index in [1.165, 1.54) is 0 Å². The maximum absolute atomic E-state index is 11.0. The Morgan fingerprint density at radius 3 is 2.54 bits per heavy atom. The fraction of sp³-hybridized carbons (Fsp3) is 0.300. The van der Waals surface area contributed by atoms with Crippen LogP contribution in [0, 0.1) is 0 Å². The summed E-state index contributed by atoms with van der Waals surface area (Å²) in [4.78, 5) is 11.0. The van der Waals surface area contributed by atoms with Crippen LogP contribution in [0.4, 0.5) is 0 Å². The lowest BCUT2D eigenvalue weighted by atomic mass is 10.0. The molecule has 0 fully saturated rings. The first-order valence-electron chi connectivity index (χ1n) is 3.97. The van der Waals surface area contributed by atoms with E-state index in [1.54, 1.807) is 13.0 Å². The highest BCUT2D eigenvalue weighted by atomic mass is 35.5. The first-order chi connectivity index (χ1) is 5.61. The molecule has 0 aliphatic heterocycles. The van der Waals surface area contributed by atoms with Gasteiger partial charge in [-0.1, -0.05) is 18.2 Å². The van der Waals surface area contributed by atoms with Crippen molar-refractivity contribution in [3.8, 4) is 0 Å². The van der Waals surface area contributed by atoms with Gasteiger partial charge in [-0.2, -0.15) is 0 Å². The zero-order chi connectivity index (χ0) is 9.14. The fourth-order valence-corrected chi connectivity index (χ4v) is 1.04. The first-order valence-corrected chi connectivity index (χ1v) is 3.97. The normalized spacial score (nSPS) is 11.6. The monoisotopic (exact) mass is 199 g/mol. The summed E-state index contributed by atoms with van der Waals surface area (Å²) in [7, 11) is 0. The van der Waals surface area contributed by atoms with Gasteiger partial charge < -0.3 is 5.73 Å². The van der Waals surface area contributed by atoms with E-state index in [4.69, 9.17) is 5.73 Å². The SMILES string of the molecule is CC(=O)c1cccc(C(C)N)c1.Cl. The topological polar surface area (TPSA) is 43.1 Å². The molecule has 0 saturated carbocycles. The Kier molecular flexibility index (Phi) is 4.67. The Balaban J connectivity index is 0.00000144. The van der Waals surface area contributed by atoms with Crippen molar-refractivity contribution in [3.05, 3.63) is 35.4 Å². The molecule has 0 heterocycles. The van der Waals surface area contributed by atoms with Crippen molar-refractivity contribution in [1.82, 2.24) is 0 Å². The molecule has 0 aromatic heterocycles. The van der Waals surface area contributed by atoms with Crippen molar-refractivity contribution < 1.29 is 4.79 Å². The molecular weight excluding hydrogens is 186 g/mol. The Morgan fingerprint density at radius 2 is 2.08 bits per heavy atom.